The fraction of sp³-hybridized carbons (Fsp3) is 0.481. The van der Waals surface area contributed by atoms with Crippen LogP contribution in [0.4, 0.5) is 4.79 Å². The van der Waals surface area contributed by atoms with Crippen molar-refractivity contribution < 1.29 is 14.3 Å². The highest BCUT2D eigenvalue weighted by atomic mass is 16.6. The fourth-order valence-corrected chi connectivity index (χ4v) is 4.64. The van der Waals surface area contributed by atoms with Gasteiger partial charge in [-0.15, -0.1) is 0 Å². The first-order chi connectivity index (χ1) is 15.8. The van der Waals surface area contributed by atoms with E-state index in [4.69, 9.17) is 4.74 Å². The number of benzene rings is 2. The number of likely N-dealkylation sites (tertiary alicyclic amines) is 1. The SMILES string of the molecule is CC(C)(C)OC(=O)N1Cc2ccccc2C[C@H]1C(=O)NC1CCN(Cc2ccccc2)CC1. The summed E-state index contributed by atoms with van der Waals surface area (Å²) in [7, 11) is 0. The number of nitrogens with one attached hydrogen (secondary N) is 1. The number of amides is 2. The molecule has 4 rings (SSSR count). The number of ether oxygens (including phenoxy) is 1. The Labute approximate surface area is 196 Å². The van der Waals surface area contributed by atoms with E-state index in [1.807, 2.05) is 51.1 Å². The second-order valence-corrected chi connectivity index (χ2v) is 10.1. The molecule has 1 atom stereocenters. The van der Waals surface area contributed by atoms with E-state index < -0.39 is 17.7 Å². The molecule has 0 aliphatic carbocycles. The molecule has 0 saturated carbocycles. The molecule has 0 spiro atoms. The number of fused-ring (bicyclic) bond motifs is 1. The fourth-order valence-electron chi connectivity index (χ4n) is 4.64. The molecule has 2 heterocycles. The number of nitrogens with zero attached hydrogens (tertiary/aromatic N) is 2. The lowest BCUT2D eigenvalue weighted by molar-refractivity contribution is -0.128. The van der Waals surface area contributed by atoms with Gasteiger partial charge in [0.2, 0.25) is 5.91 Å². The molecule has 1 saturated heterocycles. The third-order valence-electron chi connectivity index (χ3n) is 6.36. The Kier molecular flexibility index (Phi) is 7.03. The smallest absolute Gasteiger partial charge is 0.411 e. The van der Waals surface area contributed by atoms with E-state index >= 15 is 0 Å². The van der Waals surface area contributed by atoms with Crippen molar-refractivity contribution in [3.63, 3.8) is 0 Å². The molecule has 2 aliphatic heterocycles. The van der Waals surface area contributed by atoms with Gasteiger partial charge in [0.25, 0.3) is 0 Å². The van der Waals surface area contributed by atoms with Crippen LogP contribution in [0.3, 0.4) is 0 Å². The maximum Gasteiger partial charge on any atom is 0.411 e. The van der Waals surface area contributed by atoms with Crippen LogP contribution >= 0.6 is 0 Å². The molecule has 2 aromatic rings. The summed E-state index contributed by atoms with van der Waals surface area (Å²) in [6.07, 6.45) is 1.89. The molecule has 33 heavy (non-hydrogen) atoms. The predicted octanol–water partition coefficient (Wildman–Crippen LogP) is 4.13. The van der Waals surface area contributed by atoms with Crippen LogP contribution in [0, 0.1) is 0 Å². The zero-order valence-corrected chi connectivity index (χ0v) is 19.9. The molecule has 0 bridgehead atoms. The zero-order chi connectivity index (χ0) is 23.4. The Morgan fingerprint density at radius 3 is 2.27 bits per heavy atom. The minimum absolute atomic E-state index is 0.0862. The van der Waals surface area contributed by atoms with Gasteiger partial charge in [-0.1, -0.05) is 54.6 Å². The third-order valence-corrected chi connectivity index (χ3v) is 6.36. The number of piperidine rings is 1. The number of hydrogen-bond donors (Lipinski definition) is 1. The van der Waals surface area contributed by atoms with Crippen LogP contribution in [0.15, 0.2) is 54.6 Å². The van der Waals surface area contributed by atoms with Gasteiger partial charge in [-0.3, -0.25) is 14.6 Å². The number of hydrogen-bond acceptors (Lipinski definition) is 4. The molecule has 2 aliphatic rings. The average Bonchev–Trinajstić information content (AvgIpc) is 2.79. The van der Waals surface area contributed by atoms with E-state index in [9.17, 15) is 9.59 Å². The molecule has 1 fully saturated rings. The first-order valence-electron chi connectivity index (χ1n) is 11.9. The molecule has 0 unspecified atom stereocenters. The molecule has 2 amide bonds. The standard InChI is InChI=1S/C27H35N3O3/c1-27(2,3)33-26(32)30-19-22-12-8-7-11-21(22)17-24(30)25(31)28-23-13-15-29(16-14-23)18-20-9-5-4-6-10-20/h4-12,23-24H,13-19H2,1-3H3,(H,28,31)/t24-/m0/s1. The summed E-state index contributed by atoms with van der Waals surface area (Å²) in [6, 6.07) is 18.1. The summed E-state index contributed by atoms with van der Waals surface area (Å²) in [5.41, 5.74) is 2.89. The first kappa shape index (κ1) is 23.3. The van der Waals surface area contributed by atoms with E-state index in [2.05, 4.69) is 34.5 Å². The highest BCUT2D eigenvalue weighted by molar-refractivity contribution is 5.86. The zero-order valence-electron chi connectivity index (χ0n) is 19.9. The van der Waals surface area contributed by atoms with Crippen molar-refractivity contribution in [3.8, 4) is 0 Å². The van der Waals surface area contributed by atoms with Crippen molar-refractivity contribution in [3.05, 3.63) is 71.3 Å². The molecule has 0 aromatic heterocycles. The van der Waals surface area contributed by atoms with Crippen molar-refractivity contribution >= 4 is 12.0 Å². The van der Waals surface area contributed by atoms with Crippen LogP contribution in [0.25, 0.3) is 0 Å². The van der Waals surface area contributed by atoms with Gasteiger partial charge in [-0.2, -0.15) is 0 Å². The lowest BCUT2D eigenvalue weighted by atomic mass is 9.93. The molecule has 1 N–H and O–H groups in total. The quantitative estimate of drug-likeness (QED) is 0.763. The summed E-state index contributed by atoms with van der Waals surface area (Å²) in [6.45, 7) is 8.77. The molecule has 2 aromatic carbocycles. The number of carbonyl (C=O) groups excluding carboxylic acids is 2. The topological polar surface area (TPSA) is 61.9 Å². The van der Waals surface area contributed by atoms with Crippen LogP contribution in [0.1, 0.15) is 50.3 Å². The van der Waals surface area contributed by atoms with E-state index in [0.29, 0.717) is 13.0 Å². The van der Waals surface area contributed by atoms with E-state index in [-0.39, 0.29) is 11.9 Å². The minimum Gasteiger partial charge on any atom is -0.444 e. The highest BCUT2D eigenvalue weighted by Gasteiger charge is 2.37. The third kappa shape index (κ3) is 6.14. The largest absolute Gasteiger partial charge is 0.444 e. The van der Waals surface area contributed by atoms with Gasteiger partial charge >= 0.3 is 6.09 Å². The lowest BCUT2D eigenvalue weighted by Crippen LogP contribution is -2.56. The van der Waals surface area contributed by atoms with E-state index in [1.165, 1.54) is 5.56 Å². The maximum absolute atomic E-state index is 13.4. The highest BCUT2D eigenvalue weighted by Crippen LogP contribution is 2.26. The van der Waals surface area contributed by atoms with Crippen molar-refractivity contribution in [1.82, 2.24) is 15.1 Å². The Balaban J connectivity index is 1.38. The maximum atomic E-state index is 13.4. The molecule has 6 heteroatoms. The Morgan fingerprint density at radius 1 is 0.970 bits per heavy atom. The minimum atomic E-state index is -0.610. The molecule has 0 radical (unpaired) electrons. The van der Waals surface area contributed by atoms with Crippen molar-refractivity contribution in [1.29, 1.82) is 0 Å². The summed E-state index contributed by atoms with van der Waals surface area (Å²) < 4.78 is 5.63. The van der Waals surface area contributed by atoms with Crippen LogP contribution in [-0.2, 0) is 29.0 Å². The van der Waals surface area contributed by atoms with Gasteiger partial charge in [0.1, 0.15) is 11.6 Å². The molecule has 6 nitrogen and oxygen atoms in total. The number of carbonyl (C=O) groups is 2. The summed E-state index contributed by atoms with van der Waals surface area (Å²) in [4.78, 5) is 30.3. The second-order valence-electron chi connectivity index (χ2n) is 10.1. The van der Waals surface area contributed by atoms with Crippen molar-refractivity contribution in [2.75, 3.05) is 13.1 Å². The molecular weight excluding hydrogens is 414 g/mol. The Bertz CT molecular complexity index is 962. The summed E-state index contributed by atoms with van der Waals surface area (Å²) in [5, 5.41) is 3.24. The van der Waals surface area contributed by atoms with Gasteiger partial charge in [0, 0.05) is 32.1 Å². The van der Waals surface area contributed by atoms with E-state index in [0.717, 1.165) is 43.6 Å². The van der Waals surface area contributed by atoms with Gasteiger partial charge in [0.15, 0.2) is 0 Å². The normalized spacial score (nSPS) is 19.6. The summed E-state index contributed by atoms with van der Waals surface area (Å²) >= 11 is 0. The van der Waals surface area contributed by atoms with Gasteiger partial charge < -0.3 is 10.1 Å². The van der Waals surface area contributed by atoms with Gasteiger partial charge in [0.05, 0.1) is 6.54 Å². The van der Waals surface area contributed by atoms with Crippen LogP contribution in [0.2, 0.25) is 0 Å². The summed E-state index contributed by atoms with van der Waals surface area (Å²) in [5.74, 6) is -0.0862. The monoisotopic (exact) mass is 449 g/mol. The van der Waals surface area contributed by atoms with Gasteiger partial charge in [-0.25, -0.2) is 4.79 Å². The molecular formula is C27H35N3O3. The van der Waals surface area contributed by atoms with Crippen molar-refractivity contribution in [2.45, 2.75) is 70.8 Å². The van der Waals surface area contributed by atoms with Crippen molar-refractivity contribution in [2.24, 2.45) is 0 Å². The van der Waals surface area contributed by atoms with E-state index in [1.54, 1.807) is 4.90 Å². The Morgan fingerprint density at radius 2 is 1.61 bits per heavy atom. The van der Waals surface area contributed by atoms with Crippen LogP contribution in [-0.4, -0.2) is 52.6 Å². The Hall–Kier alpha value is -2.86. The lowest BCUT2D eigenvalue weighted by Gasteiger charge is -2.38. The van der Waals surface area contributed by atoms with Gasteiger partial charge in [-0.05, 0) is 50.3 Å². The predicted molar refractivity (Wildman–Crippen MR) is 129 cm³/mol. The molecule has 176 valence electrons. The second kappa shape index (κ2) is 9.96. The van der Waals surface area contributed by atoms with Crippen LogP contribution < -0.4 is 5.32 Å². The average molecular weight is 450 g/mol. The number of rotatable bonds is 4. The van der Waals surface area contributed by atoms with Crippen LogP contribution in [0.5, 0.6) is 0 Å². The first-order valence-corrected chi connectivity index (χ1v) is 11.9.